The van der Waals surface area contributed by atoms with E-state index in [1.807, 2.05) is 12.1 Å². The maximum absolute atomic E-state index is 11.7. The number of hydrogen-bond acceptors (Lipinski definition) is 1. The number of carbonyl (C=O) groups is 1. The molecule has 0 saturated heterocycles. The molecular weight excluding hydrogens is 236 g/mol. The monoisotopic (exact) mass is 252 g/mol. The molecule has 0 bridgehead atoms. The second-order valence-electron chi connectivity index (χ2n) is 4.81. The van der Waals surface area contributed by atoms with Crippen molar-refractivity contribution in [3.63, 3.8) is 0 Å². The second-order valence-corrected chi connectivity index (χ2v) is 5.25. The maximum atomic E-state index is 11.7. The van der Waals surface area contributed by atoms with E-state index < -0.39 is 11.4 Å². The molecule has 17 heavy (non-hydrogen) atoms. The molecule has 1 fully saturated rings. The topological polar surface area (TPSA) is 37.3 Å². The van der Waals surface area contributed by atoms with Crippen molar-refractivity contribution in [1.29, 1.82) is 0 Å². The first-order valence-electron chi connectivity index (χ1n) is 6.15. The van der Waals surface area contributed by atoms with Gasteiger partial charge >= 0.3 is 5.97 Å². The highest BCUT2D eigenvalue weighted by molar-refractivity contribution is 6.30. The molecule has 1 aromatic rings. The van der Waals surface area contributed by atoms with Gasteiger partial charge in [-0.1, -0.05) is 49.4 Å². The largest absolute Gasteiger partial charge is 0.481 e. The minimum atomic E-state index is -0.721. The molecule has 0 radical (unpaired) electrons. The zero-order valence-corrected chi connectivity index (χ0v) is 10.5. The first kappa shape index (κ1) is 12.4. The third kappa shape index (κ3) is 2.47. The SMILES string of the molecule is O=C(O)C1(c2cccc(Cl)c2)CCCCCC1. The van der Waals surface area contributed by atoms with E-state index in [2.05, 4.69) is 0 Å². The number of aliphatic carboxylic acids is 1. The average Bonchev–Trinajstić information content (AvgIpc) is 2.55. The van der Waals surface area contributed by atoms with Gasteiger partial charge in [0.2, 0.25) is 0 Å². The first-order chi connectivity index (χ1) is 8.15. The Hall–Kier alpha value is -1.02. The fraction of sp³-hybridized carbons (Fsp3) is 0.500. The van der Waals surface area contributed by atoms with Crippen molar-refractivity contribution in [2.24, 2.45) is 0 Å². The van der Waals surface area contributed by atoms with Crippen molar-refractivity contribution >= 4 is 17.6 Å². The van der Waals surface area contributed by atoms with Gasteiger partial charge in [0.25, 0.3) is 0 Å². The van der Waals surface area contributed by atoms with Crippen LogP contribution in [-0.4, -0.2) is 11.1 Å². The predicted octanol–water partition coefficient (Wildman–Crippen LogP) is 4.02. The minimum Gasteiger partial charge on any atom is -0.481 e. The van der Waals surface area contributed by atoms with Gasteiger partial charge in [-0.15, -0.1) is 0 Å². The van der Waals surface area contributed by atoms with E-state index in [0.717, 1.165) is 44.1 Å². The summed E-state index contributed by atoms with van der Waals surface area (Å²) in [5.74, 6) is -0.707. The van der Waals surface area contributed by atoms with Crippen LogP contribution in [0.3, 0.4) is 0 Å². The molecule has 0 unspecified atom stereocenters. The number of halogens is 1. The lowest BCUT2D eigenvalue weighted by atomic mass is 9.74. The normalized spacial score (nSPS) is 19.6. The van der Waals surface area contributed by atoms with Crippen LogP contribution in [0.2, 0.25) is 5.02 Å². The Morgan fingerprint density at radius 1 is 1.18 bits per heavy atom. The molecule has 0 atom stereocenters. The number of benzene rings is 1. The molecular formula is C14H17ClO2. The Labute approximate surface area is 107 Å². The van der Waals surface area contributed by atoms with Crippen LogP contribution in [0.15, 0.2) is 24.3 Å². The predicted molar refractivity (Wildman–Crippen MR) is 68.5 cm³/mol. The lowest BCUT2D eigenvalue weighted by Crippen LogP contribution is -2.35. The Morgan fingerprint density at radius 3 is 2.35 bits per heavy atom. The molecule has 1 aromatic carbocycles. The highest BCUT2D eigenvalue weighted by Gasteiger charge is 2.40. The zero-order chi connectivity index (χ0) is 12.3. The Balaban J connectivity index is 2.42. The van der Waals surface area contributed by atoms with Crippen molar-refractivity contribution in [3.8, 4) is 0 Å². The van der Waals surface area contributed by atoms with E-state index in [-0.39, 0.29) is 0 Å². The van der Waals surface area contributed by atoms with E-state index in [0.29, 0.717) is 5.02 Å². The Bertz CT molecular complexity index is 406. The highest BCUT2D eigenvalue weighted by atomic mass is 35.5. The van der Waals surface area contributed by atoms with Gasteiger partial charge in [0.15, 0.2) is 0 Å². The summed E-state index contributed by atoms with van der Waals surface area (Å²) >= 11 is 5.98. The van der Waals surface area contributed by atoms with Gasteiger partial charge in [0.1, 0.15) is 0 Å². The summed E-state index contributed by atoms with van der Waals surface area (Å²) in [4.78, 5) is 11.7. The fourth-order valence-electron chi connectivity index (χ4n) is 2.74. The van der Waals surface area contributed by atoms with Crippen LogP contribution in [0.4, 0.5) is 0 Å². The third-order valence-corrected chi connectivity index (χ3v) is 3.98. The van der Waals surface area contributed by atoms with Crippen molar-refractivity contribution in [2.45, 2.75) is 43.9 Å². The average molecular weight is 253 g/mol. The van der Waals surface area contributed by atoms with Gasteiger partial charge < -0.3 is 5.11 Å². The minimum absolute atomic E-state index is 0.618. The van der Waals surface area contributed by atoms with Gasteiger partial charge in [0.05, 0.1) is 5.41 Å². The summed E-state index contributed by atoms with van der Waals surface area (Å²) < 4.78 is 0. The molecule has 3 heteroatoms. The van der Waals surface area contributed by atoms with Crippen LogP contribution in [0.25, 0.3) is 0 Å². The standard InChI is InChI=1S/C14H17ClO2/c15-12-7-5-6-11(10-12)14(13(16)17)8-3-1-2-4-9-14/h5-7,10H,1-4,8-9H2,(H,16,17). The number of rotatable bonds is 2. The van der Waals surface area contributed by atoms with Crippen LogP contribution in [0.5, 0.6) is 0 Å². The van der Waals surface area contributed by atoms with Crippen LogP contribution in [-0.2, 0) is 10.2 Å². The molecule has 2 rings (SSSR count). The fourth-order valence-corrected chi connectivity index (χ4v) is 2.93. The lowest BCUT2D eigenvalue weighted by molar-refractivity contribution is -0.144. The first-order valence-corrected chi connectivity index (χ1v) is 6.52. The lowest BCUT2D eigenvalue weighted by Gasteiger charge is -2.28. The smallest absolute Gasteiger partial charge is 0.314 e. The van der Waals surface area contributed by atoms with Crippen molar-refractivity contribution in [2.75, 3.05) is 0 Å². The quantitative estimate of drug-likeness (QED) is 0.808. The molecule has 1 N–H and O–H groups in total. The van der Waals surface area contributed by atoms with Gasteiger partial charge in [-0.25, -0.2) is 0 Å². The van der Waals surface area contributed by atoms with Crippen molar-refractivity contribution in [1.82, 2.24) is 0 Å². The van der Waals surface area contributed by atoms with E-state index in [4.69, 9.17) is 11.6 Å². The second kappa shape index (κ2) is 5.09. The highest BCUT2D eigenvalue weighted by Crippen LogP contribution is 2.39. The Kier molecular flexibility index (Phi) is 3.72. The van der Waals surface area contributed by atoms with Crippen molar-refractivity contribution in [3.05, 3.63) is 34.9 Å². The van der Waals surface area contributed by atoms with Gasteiger partial charge in [0, 0.05) is 5.02 Å². The molecule has 92 valence electrons. The molecule has 1 saturated carbocycles. The van der Waals surface area contributed by atoms with Crippen LogP contribution >= 0.6 is 11.6 Å². The van der Waals surface area contributed by atoms with Gasteiger partial charge in [-0.3, -0.25) is 4.79 Å². The molecule has 0 heterocycles. The summed E-state index contributed by atoms with van der Waals surface area (Å²) in [6.45, 7) is 0. The number of carboxylic acids is 1. The zero-order valence-electron chi connectivity index (χ0n) is 9.79. The van der Waals surface area contributed by atoms with E-state index in [1.165, 1.54) is 0 Å². The molecule has 1 aliphatic rings. The number of carboxylic acid groups (broad SMARTS) is 1. The van der Waals surface area contributed by atoms with Crippen LogP contribution in [0.1, 0.15) is 44.1 Å². The summed E-state index contributed by atoms with van der Waals surface area (Å²) in [5, 5.41) is 10.2. The molecule has 0 aromatic heterocycles. The van der Waals surface area contributed by atoms with Gasteiger partial charge in [-0.2, -0.15) is 0 Å². The van der Waals surface area contributed by atoms with E-state index in [1.54, 1.807) is 12.1 Å². The Morgan fingerprint density at radius 2 is 1.82 bits per heavy atom. The molecule has 2 nitrogen and oxygen atoms in total. The van der Waals surface area contributed by atoms with Crippen LogP contribution < -0.4 is 0 Å². The molecule has 0 aliphatic heterocycles. The summed E-state index contributed by atoms with van der Waals surface area (Å²) in [6.07, 6.45) is 5.69. The number of hydrogen-bond donors (Lipinski definition) is 1. The summed E-state index contributed by atoms with van der Waals surface area (Å²) in [6, 6.07) is 7.33. The van der Waals surface area contributed by atoms with E-state index in [9.17, 15) is 9.90 Å². The van der Waals surface area contributed by atoms with Gasteiger partial charge in [-0.05, 0) is 30.5 Å². The third-order valence-electron chi connectivity index (χ3n) is 3.74. The van der Waals surface area contributed by atoms with E-state index >= 15 is 0 Å². The maximum Gasteiger partial charge on any atom is 0.314 e. The molecule has 0 spiro atoms. The summed E-state index contributed by atoms with van der Waals surface area (Å²) in [5.41, 5.74) is 0.140. The molecule has 1 aliphatic carbocycles. The molecule has 0 amide bonds. The van der Waals surface area contributed by atoms with Crippen LogP contribution in [0, 0.1) is 0 Å². The van der Waals surface area contributed by atoms with Crippen molar-refractivity contribution < 1.29 is 9.90 Å². The summed E-state index contributed by atoms with van der Waals surface area (Å²) in [7, 11) is 0.